The summed E-state index contributed by atoms with van der Waals surface area (Å²) in [6.07, 6.45) is 9.75. The maximum Gasteiger partial charge on any atom is 0.267 e. The number of hydrogen-bond donors (Lipinski definition) is 4. The Morgan fingerprint density at radius 2 is 1.91 bits per heavy atom. The van der Waals surface area contributed by atoms with Crippen molar-refractivity contribution >= 4 is 44.4 Å². The van der Waals surface area contributed by atoms with E-state index in [1.165, 1.54) is 0 Å². The quantitative estimate of drug-likeness (QED) is 0.139. The van der Waals surface area contributed by atoms with Gasteiger partial charge in [0, 0.05) is 43.8 Å². The van der Waals surface area contributed by atoms with Gasteiger partial charge in [-0.25, -0.2) is 9.97 Å². The van der Waals surface area contributed by atoms with E-state index in [1.54, 1.807) is 6.20 Å². The number of aliphatic hydroxyl groups is 1. The summed E-state index contributed by atoms with van der Waals surface area (Å²) in [6.45, 7) is 12.1. The Morgan fingerprint density at radius 3 is 2.50 bits per heavy atom. The average Bonchev–Trinajstić information content (AvgIpc) is 3.52. The summed E-state index contributed by atoms with van der Waals surface area (Å²) in [5.74, 6) is 0.943. The summed E-state index contributed by atoms with van der Waals surface area (Å²) in [5, 5.41) is 15.3. The Balaban J connectivity index is 0.000000566. The second-order valence-corrected chi connectivity index (χ2v) is 12.5. The van der Waals surface area contributed by atoms with Crippen LogP contribution in [0.4, 0.5) is 17.5 Å². The number of piperazine rings is 1. The molecule has 3 aromatic rings. The Labute approximate surface area is 258 Å². The maximum atomic E-state index is 13.8. The molecule has 0 unspecified atom stereocenters. The molecule has 2 aliphatic rings. The first-order chi connectivity index (χ1) is 21.1. The zero-order chi connectivity index (χ0) is 31.7. The van der Waals surface area contributed by atoms with Crippen LogP contribution in [0.25, 0.3) is 16.8 Å². The van der Waals surface area contributed by atoms with Crippen molar-refractivity contribution in [2.75, 3.05) is 55.4 Å². The van der Waals surface area contributed by atoms with Gasteiger partial charge in [0.1, 0.15) is 17.2 Å². The van der Waals surface area contributed by atoms with E-state index in [4.69, 9.17) is 19.4 Å². The molecule has 1 saturated heterocycles. The summed E-state index contributed by atoms with van der Waals surface area (Å²) in [4.78, 5) is 30.2. The number of aryl methyl sites for hydroxylation is 1. The number of aliphatic hydroxyl groups excluding tert-OH is 1. The smallest absolute Gasteiger partial charge is 0.267 e. The fraction of sp³-hybridized carbons (Fsp3) is 0.533. The van der Waals surface area contributed by atoms with E-state index in [9.17, 15) is 13.2 Å². The van der Waals surface area contributed by atoms with Crippen molar-refractivity contribution in [3.05, 3.63) is 52.6 Å². The monoisotopic (exact) mass is 629 g/mol. The fourth-order valence-corrected chi connectivity index (χ4v) is 5.67. The van der Waals surface area contributed by atoms with Crippen molar-refractivity contribution < 1.29 is 22.8 Å². The van der Waals surface area contributed by atoms with E-state index in [0.717, 1.165) is 81.3 Å². The van der Waals surface area contributed by atoms with Crippen LogP contribution in [0.5, 0.6) is 0 Å². The third-order valence-electron chi connectivity index (χ3n) is 7.77. The van der Waals surface area contributed by atoms with Crippen molar-refractivity contribution in [3.63, 3.8) is 0 Å². The molecule has 1 saturated carbocycles. The maximum absolute atomic E-state index is 13.8. The van der Waals surface area contributed by atoms with Gasteiger partial charge in [0.2, 0.25) is 5.95 Å². The number of anilines is 3. The molecule has 240 valence electrons. The van der Waals surface area contributed by atoms with Crippen LogP contribution in [0.15, 0.2) is 35.9 Å². The molecule has 4 heterocycles. The second kappa shape index (κ2) is 15.4. The highest BCUT2D eigenvalue weighted by Gasteiger charge is 2.26. The molecule has 0 aromatic carbocycles. The van der Waals surface area contributed by atoms with Gasteiger partial charge in [0.15, 0.2) is 0 Å². The fourth-order valence-electron chi connectivity index (χ4n) is 5.43. The molecule has 1 aliphatic carbocycles. The standard InChI is InChI=1S/C28H37N7O2.C2H6O4S/c1-4-5-16-37-20(3)25-19(2)23-18-31-28(33-26(23)35(27(25)36)21-8-6-7-9-21)32-24-11-10-22(17-30-24)34-14-12-29-13-15-34;3-1-2-7(4,5)6/h10-11,17-18,21,29H,3-9,12-16H2,1-2H3,(H,30,31,32,33);3H,1-2H2,(H,4,5,6). The number of nitrogens with one attached hydrogen (secondary N) is 2. The molecule has 5 rings (SSSR count). The molecule has 0 bridgehead atoms. The minimum atomic E-state index is -3.92. The molecule has 13 nitrogen and oxygen atoms in total. The van der Waals surface area contributed by atoms with E-state index in [-0.39, 0.29) is 11.6 Å². The molecular weight excluding hydrogens is 586 g/mol. The number of hydrogen-bond acceptors (Lipinski definition) is 11. The van der Waals surface area contributed by atoms with Gasteiger partial charge in [0.05, 0.1) is 36.4 Å². The van der Waals surface area contributed by atoms with Gasteiger partial charge in [0.25, 0.3) is 15.7 Å². The first-order valence-corrected chi connectivity index (χ1v) is 16.7. The topological polar surface area (TPSA) is 172 Å². The molecule has 14 heteroatoms. The summed E-state index contributed by atoms with van der Waals surface area (Å²) >= 11 is 0. The molecular formula is C30H43N7O6S. The lowest BCUT2D eigenvalue weighted by molar-refractivity contribution is 0.270. The van der Waals surface area contributed by atoms with Crippen LogP contribution in [0.3, 0.4) is 0 Å². The highest BCUT2D eigenvalue weighted by molar-refractivity contribution is 7.85. The Hall–Kier alpha value is -3.59. The van der Waals surface area contributed by atoms with E-state index in [2.05, 4.69) is 45.1 Å². The van der Waals surface area contributed by atoms with Crippen molar-refractivity contribution in [1.82, 2.24) is 24.8 Å². The van der Waals surface area contributed by atoms with E-state index in [1.807, 2.05) is 23.8 Å². The van der Waals surface area contributed by atoms with E-state index < -0.39 is 22.5 Å². The minimum Gasteiger partial charge on any atom is -0.493 e. The van der Waals surface area contributed by atoms with Crippen LogP contribution in [-0.4, -0.2) is 82.7 Å². The van der Waals surface area contributed by atoms with Crippen molar-refractivity contribution in [2.45, 2.75) is 58.4 Å². The molecule has 0 spiro atoms. The second-order valence-electron chi connectivity index (χ2n) is 10.9. The largest absolute Gasteiger partial charge is 0.493 e. The van der Waals surface area contributed by atoms with Gasteiger partial charge in [-0.15, -0.1) is 0 Å². The Bertz CT molecular complexity index is 1580. The van der Waals surface area contributed by atoms with Gasteiger partial charge in [-0.2, -0.15) is 13.4 Å². The summed E-state index contributed by atoms with van der Waals surface area (Å²) in [7, 11) is -3.92. The lowest BCUT2D eigenvalue weighted by Gasteiger charge is -2.29. The number of ether oxygens (including phenoxy) is 1. The van der Waals surface area contributed by atoms with Crippen LogP contribution < -0.4 is 21.1 Å². The van der Waals surface area contributed by atoms with Gasteiger partial charge in [-0.1, -0.05) is 32.8 Å². The van der Waals surface area contributed by atoms with E-state index in [0.29, 0.717) is 35.3 Å². The third kappa shape index (κ3) is 8.52. The molecule has 0 atom stereocenters. The van der Waals surface area contributed by atoms with Gasteiger partial charge >= 0.3 is 0 Å². The highest BCUT2D eigenvalue weighted by Crippen LogP contribution is 2.33. The SMILES string of the molecule is C=C(OCCCC)c1c(C)c2cnc(Nc3ccc(N4CCNCC4)cn3)nc2n(C2CCCC2)c1=O.O=S(=O)(O)CCO. The number of fused-ring (bicyclic) bond motifs is 1. The summed E-state index contributed by atoms with van der Waals surface area (Å²) in [5.41, 5.74) is 3.01. The molecule has 1 aliphatic heterocycles. The molecule has 0 radical (unpaired) electrons. The zero-order valence-corrected chi connectivity index (χ0v) is 26.3. The normalized spacial score (nSPS) is 15.6. The van der Waals surface area contributed by atoms with Gasteiger partial charge in [-0.05, 0) is 43.9 Å². The number of aromatic nitrogens is 4. The predicted octanol–water partition coefficient (Wildman–Crippen LogP) is 3.42. The highest BCUT2D eigenvalue weighted by atomic mass is 32.2. The summed E-state index contributed by atoms with van der Waals surface area (Å²) in [6, 6.07) is 4.12. The number of unbranched alkanes of at least 4 members (excludes halogenated alkanes) is 1. The van der Waals surface area contributed by atoms with Crippen molar-refractivity contribution in [1.29, 1.82) is 0 Å². The molecule has 44 heavy (non-hydrogen) atoms. The number of pyridine rings is 2. The van der Waals surface area contributed by atoms with E-state index >= 15 is 0 Å². The van der Waals surface area contributed by atoms with Crippen LogP contribution in [0.2, 0.25) is 0 Å². The van der Waals surface area contributed by atoms with Crippen LogP contribution in [0.1, 0.15) is 62.6 Å². The van der Waals surface area contributed by atoms with Crippen molar-refractivity contribution in [3.8, 4) is 0 Å². The third-order valence-corrected chi connectivity index (χ3v) is 8.47. The summed E-state index contributed by atoms with van der Waals surface area (Å²) < 4.78 is 34.8. The lowest BCUT2D eigenvalue weighted by atomic mass is 10.0. The van der Waals surface area contributed by atoms with Gasteiger partial charge in [-0.3, -0.25) is 13.9 Å². The number of nitrogens with zero attached hydrogens (tertiary/aromatic N) is 5. The molecule has 3 aromatic heterocycles. The van der Waals surface area contributed by atoms with Crippen LogP contribution >= 0.6 is 0 Å². The first kappa shape index (κ1) is 33.3. The number of rotatable bonds is 11. The predicted molar refractivity (Wildman–Crippen MR) is 172 cm³/mol. The molecule has 2 fully saturated rings. The Kier molecular flexibility index (Phi) is 11.7. The minimum absolute atomic E-state index is 0.0819. The zero-order valence-electron chi connectivity index (χ0n) is 25.5. The Morgan fingerprint density at radius 1 is 1.18 bits per heavy atom. The van der Waals surface area contributed by atoms with Crippen LogP contribution in [-0.2, 0) is 14.9 Å². The van der Waals surface area contributed by atoms with Crippen LogP contribution in [0, 0.1) is 6.92 Å². The van der Waals surface area contributed by atoms with Crippen molar-refractivity contribution in [2.24, 2.45) is 0 Å². The first-order valence-electron chi connectivity index (χ1n) is 15.1. The average molecular weight is 630 g/mol. The van der Waals surface area contributed by atoms with Gasteiger partial charge < -0.3 is 25.4 Å². The lowest BCUT2D eigenvalue weighted by Crippen LogP contribution is -2.43. The molecule has 4 N–H and O–H groups in total. The molecule has 0 amide bonds.